The molecule has 0 amide bonds. The van der Waals surface area contributed by atoms with Crippen LogP contribution >= 0.6 is 15.9 Å². The highest BCUT2D eigenvalue weighted by Crippen LogP contribution is 2.34. The van der Waals surface area contributed by atoms with Gasteiger partial charge in [-0.3, -0.25) is 4.98 Å². The van der Waals surface area contributed by atoms with Gasteiger partial charge in [0.2, 0.25) is 0 Å². The summed E-state index contributed by atoms with van der Waals surface area (Å²) >= 11 is 3.50. The van der Waals surface area contributed by atoms with Crippen LogP contribution in [0, 0.1) is 0 Å². The molecule has 0 bridgehead atoms. The van der Waals surface area contributed by atoms with Crippen molar-refractivity contribution >= 4 is 44.2 Å². The van der Waals surface area contributed by atoms with E-state index in [1.807, 2.05) is 42.5 Å². The molecule has 1 heterocycles. The highest BCUT2D eigenvalue weighted by molar-refractivity contribution is 9.10. The monoisotopic (exact) mass is 428 g/mol. The van der Waals surface area contributed by atoms with Gasteiger partial charge in [0.05, 0.1) is 30.1 Å². The fourth-order valence-electron chi connectivity index (χ4n) is 2.71. The van der Waals surface area contributed by atoms with E-state index in [4.69, 9.17) is 9.47 Å². The average molecular weight is 429 g/mol. The molecule has 0 saturated carbocycles. The van der Waals surface area contributed by atoms with Crippen molar-refractivity contribution in [3.63, 3.8) is 0 Å². The number of rotatable bonds is 7. The summed E-state index contributed by atoms with van der Waals surface area (Å²) in [7, 11) is 0. The predicted molar refractivity (Wildman–Crippen MR) is 111 cm³/mol. The first kappa shape index (κ1) is 19.2. The number of nitrogens with zero attached hydrogens (tertiary/aromatic N) is 1. The second-order valence-electron chi connectivity index (χ2n) is 5.90. The molecule has 27 heavy (non-hydrogen) atoms. The van der Waals surface area contributed by atoms with E-state index < -0.39 is 5.97 Å². The van der Waals surface area contributed by atoms with Crippen LogP contribution in [0.25, 0.3) is 10.9 Å². The molecular formula is C21H21BrN2O3. The van der Waals surface area contributed by atoms with E-state index in [1.54, 1.807) is 13.1 Å². The van der Waals surface area contributed by atoms with Crippen LogP contribution in [0.15, 0.2) is 53.1 Å². The van der Waals surface area contributed by atoms with Gasteiger partial charge in [-0.25, -0.2) is 4.79 Å². The van der Waals surface area contributed by atoms with E-state index in [2.05, 4.69) is 33.2 Å². The summed E-state index contributed by atoms with van der Waals surface area (Å²) in [5, 5.41) is 4.19. The Labute approximate surface area is 166 Å². The van der Waals surface area contributed by atoms with Gasteiger partial charge in [0, 0.05) is 16.1 Å². The van der Waals surface area contributed by atoms with Gasteiger partial charge >= 0.3 is 5.97 Å². The Hall–Kier alpha value is -2.60. The maximum atomic E-state index is 12.5. The zero-order valence-electron chi connectivity index (χ0n) is 15.3. The maximum Gasteiger partial charge on any atom is 0.341 e. The molecule has 1 aromatic heterocycles. The second kappa shape index (κ2) is 8.86. The molecule has 0 aliphatic heterocycles. The molecule has 3 rings (SSSR count). The number of esters is 1. The Bertz CT molecular complexity index is 959. The molecule has 0 saturated heterocycles. The molecule has 0 spiro atoms. The molecule has 0 atom stereocenters. The van der Waals surface area contributed by atoms with Gasteiger partial charge < -0.3 is 14.8 Å². The summed E-state index contributed by atoms with van der Waals surface area (Å²) in [5.74, 6) is 0.315. The molecule has 0 aliphatic rings. The number of pyridine rings is 1. The molecule has 5 nitrogen and oxygen atoms in total. The lowest BCUT2D eigenvalue weighted by Crippen LogP contribution is -2.10. The van der Waals surface area contributed by atoms with E-state index >= 15 is 0 Å². The number of halogens is 1. The lowest BCUT2D eigenvalue weighted by atomic mass is 10.1. The summed E-state index contributed by atoms with van der Waals surface area (Å²) in [5.41, 5.74) is 2.59. The average Bonchev–Trinajstić information content (AvgIpc) is 2.67. The molecule has 1 N–H and O–H groups in total. The van der Waals surface area contributed by atoms with Crippen molar-refractivity contribution in [1.29, 1.82) is 0 Å². The first-order valence-corrected chi connectivity index (χ1v) is 9.67. The highest BCUT2D eigenvalue weighted by atomic mass is 79.9. The zero-order chi connectivity index (χ0) is 19.2. The summed E-state index contributed by atoms with van der Waals surface area (Å²) in [6.07, 6.45) is 2.46. The van der Waals surface area contributed by atoms with Crippen molar-refractivity contribution in [3.8, 4) is 5.75 Å². The molecule has 0 unspecified atom stereocenters. The standard InChI is InChI=1S/C21H21BrN2O3/c1-3-11-27-19-8-6-5-7-18(19)24-20-15-12-14(22)9-10-17(15)23-13-16(20)21(25)26-4-2/h5-10,12-13H,3-4,11H2,1-2H3,(H,23,24). The highest BCUT2D eigenvalue weighted by Gasteiger charge is 2.18. The number of para-hydroxylation sites is 2. The van der Waals surface area contributed by atoms with E-state index in [-0.39, 0.29) is 0 Å². The van der Waals surface area contributed by atoms with Crippen molar-refractivity contribution in [1.82, 2.24) is 4.98 Å². The van der Waals surface area contributed by atoms with Gasteiger partial charge in [0.15, 0.2) is 0 Å². The third-order valence-electron chi connectivity index (χ3n) is 3.93. The van der Waals surface area contributed by atoms with Crippen molar-refractivity contribution in [2.24, 2.45) is 0 Å². The van der Waals surface area contributed by atoms with Gasteiger partial charge in [0.1, 0.15) is 11.3 Å². The molecular weight excluding hydrogens is 408 g/mol. The summed E-state index contributed by atoms with van der Waals surface area (Å²) < 4.78 is 12.0. The largest absolute Gasteiger partial charge is 0.491 e. The summed E-state index contributed by atoms with van der Waals surface area (Å²) in [6.45, 7) is 4.75. The van der Waals surface area contributed by atoms with E-state index in [9.17, 15) is 4.79 Å². The first-order chi connectivity index (χ1) is 13.1. The number of carbonyl (C=O) groups is 1. The van der Waals surface area contributed by atoms with Crippen LogP contribution in [0.2, 0.25) is 0 Å². The topological polar surface area (TPSA) is 60.5 Å². The number of carbonyl (C=O) groups excluding carboxylic acids is 1. The van der Waals surface area contributed by atoms with E-state index in [0.29, 0.717) is 24.5 Å². The van der Waals surface area contributed by atoms with Crippen molar-refractivity contribution in [2.75, 3.05) is 18.5 Å². The van der Waals surface area contributed by atoms with Crippen LogP contribution in [0.5, 0.6) is 5.75 Å². The van der Waals surface area contributed by atoms with Crippen LogP contribution < -0.4 is 10.1 Å². The van der Waals surface area contributed by atoms with Crippen LogP contribution in [0.3, 0.4) is 0 Å². The molecule has 2 aromatic carbocycles. The molecule has 6 heteroatoms. The summed E-state index contributed by atoms with van der Waals surface area (Å²) in [4.78, 5) is 16.9. The fraction of sp³-hybridized carbons (Fsp3) is 0.238. The number of nitrogens with one attached hydrogen (secondary N) is 1. The third kappa shape index (κ3) is 4.39. The lowest BCUT2D eigenvalue weighted by Gasteiger charge is -2.17. The van der Waals surface area contributed by atoms with Crippen molar-refractivity contribution in [3.05, 3.63) is 58.7 Å². The van der Waals surface area contributed by atoms with Crippen LogP contribution in [-0.2, 0) is 4.74 Å². The Morgan fingerprint density at radius 3 is 2.78 bits per heavy atom. The maximum absolute atomic E-state index is 12.5. The minimum atomic E-state index is -0.415. The first-order valence-electron chi connectivity index (χ1n) is 8.88. The second-order valence-corrected chi connectivity index (χ2v) is 6.81. The SMILES string of the molecule is CCCOc1ccccc1Nc1c(C(=O)OCC)cnc2ccc(Br)cc12. The van der Waals surface area contributed by atoms with Crippen LogP contribution in [0.1, 0.15) is 30.6 Å². The fourth-order valence-corrected chi connectivity index (χ4v) is 3.07. The number of anilines is 2. The molecule has 0 aliphatic carbocycles. The summed E-state index contributed by atoms with van der Waals surface area (Å²) in [6, 6.07) is 13.4. The Morgan fingerprint density at radius 2 is 2.00 bits per heavy atom. The Balaban J connectivity index is 2.12. The van der Waals surface area contributed by atoms with Gasteiger partial charge in [-0.05, 0) is 43.7 Å². The smallest absolute Gasteiger partial charge is 0.341 e. The van der Waals surface area contributed by atoms with E-state index in [1.165, 1.54) is 0 Å². The number of ether oxygens (including phenoxy) is 2. The molecule has 0 radical (unpaired) electrons. The number of hydrogen-bond donors (Lipinski definition) is 1. The van der Waals surface area contributed by atoms with Crippen molar-refractivity contribution < 1.29 is 14.3 Å². The number of aromatic nitrogens is 1. The van der Waals surface area contributed by atoms with Crippen LogP contribution in [-0.4, -0.2) is 24.2 Å². The van der Waals surface area contributed by atoms with Crippen molar-refractivity contribution in [2.45, 2.75) is 20.3 Å². The third-order valence-corrected chi connectivity index (χ3v) is 4.43. The minimum absolute atomic E-state index is 0.297. The van der Waals surface area contributed by atoms with Gasteiger partial charge in [0.25, 0.3) is 0 Å². The Kier molecular flexibility index (Phi) is 6.29. The minimum Gasteiger partial charge on any atom is -0.491 e. The molecule has 0 fully saturated rings. The van der Waals surface area contributed by atoms with Gasteiger partial charge in [-0.2, -0.15) is 0 Å². The van der Waals surface area contributed by atoms with E-state index in [0.717, 1.165) is 33.2 Å². The number of hydrogen-bond acceptors (Lipinski definition) is 5. The number of fused-ring (bicyclic) bond motifs is 1. The lowest BCUT2D eigenvalue weighted by molar-refractivity contribution is 0.0527. The van der Waals surface area contributed by atoms with Gasteiger partial charge in [-0.15, -0.1) is 0 Å². The predicted octanol–water partition coefficient (Wildman–Crippen LogP) is 5.71. The molecule has 140 valence electrons. The van der Waals surface area contributed by atoms with Crippen LogP contribution in [0.4, 0.5) is 11.4 Å². The zero-order valence-corrected chi connectivity index (χ0v) is 16.9. The molecule has 3 aromatic rings. The normalized spacial score (nSPS) is 10.6. The van der Waals surface area contributed by atoms with Gasteiger partial charge in [-0.1, -0.05) is 35.0 Å². The Morgan fingerprint density at radius 1 is 1.19 bits per heavy atom. The quantitative estimate of drug-likeness (QED) is 0.488. The number of benzene rings is 2.